The Balaban J connectivity index is 1.47. The number of aryl methyl sites for hydroxylation is 1. The zero-order chi connectivity index (χ0) is 28.8. The molecule has 2 N–H and O–H groups in total. The van der Waals surface area contributed by atoms with Crippen LogP contribution in [0.5, 0.6) is 0 Å². The van der Waals surface area contributed by atoms with Gasteiger partial charge in [-0.15, -0.1) is 0 Å². The van der Waals surface area contributed by atoms with E-state index in [0.29, 0.717) is 28.1 Å². The summed E-state index contributed by atoms with van der Waals surface area (Å²) in [6, 6.07) is 11.2. The Bertz CT molecular complexity index is 1620. The number of sulfone groups is 1. The van der Waals surface area contributed by atoms with Crippen molar-refractivity contribution in [2.75, 3.05) is 32.5 Å². The van der Waals surface area contributed by atoms with Crippen LogP contribution >= 0.6 is 23.2 Å². The maximum Gasteiger partial charge on any atom is 0.256 e. The standard InChI is InChI=1S/C29H30Cl2N4O4S/c1-17-13-22(29(37)35(3)18-9-11-34(2)12-10-18)27(32-17)15-21-20-14-19(7-8-26(20)33-28(21)36)40(38,39)16-23-24(30)5-4-6-25(23)31/h4-8,13-15,18,32H,9-12,16H2,1-3H3,(H,33,36). The van der Waals surface area contributed by atoms with Gasteiger partial charge in [-0.25, -0.2) is 8.42 Å². The number of carbonyl (C=O) groups is 2. The molecule has 40 heavy (non-hydrogen) atoms. The van der Waals surface area contributed by atoms with Crippen molar-refractivity contribution < 1.29 is 18.0 Å². The van der Waals surface area contributed by atoms with Crippen molar-refractivity contribution in [3.8, 4) is 0 Å². The number of hydrogen-bond donors (Lipinski definition) is 2. The molecule has 0 bridgehead atoms. The zero-order valence-corrected chi connectivity index (χ0v) is 24.8. The molecular formula is C29H30Cl2N4O4S. The summed E-state index contributed by atoms with van der Waals surface area (Å²) < 4.78 is 26.7. The van der Waals surface area contributed by atoms with Crippen LogP contribution in [0.3, 0.4) is 0 Å². The van der Waals surface area contributed by atoms with Gasteiger partial charge in [0.15, 0.2) is 9.84 Å². The molecule has 3 heterocycles. The fraction of sp³-hybridized carbons (Fsp3) is 0.310. The molecule has 1 aromatic heterocycles. The lowest BCUT2D eigenvalue weighted by Crippen LogP contribution is -2.44. The first kappa shape index (κ1) is 28.4. The summed E-state index contributed by atoms with van der Waals surface area (Å²) in [6.45, 7) is 3.70. The second-order valence-electron chi connectivity index (χ2n) is 10.4. The lowest BCUT2D eigenvalue weighted by atomic mass is 10.0. The fourth-order valence-electron chi connectivity index (χ4n) is 5.23. The summed E-state index contributed by atoms with van der Waals surface area (Å²) in [6.07, 6.45) is 3.40. The van der Waals surface area contributed by atoms with E-state index >= 15 is 0 Å². The van der Waals surface area contributed by atoms with Gasteiger partial charge in [0.25, 0.3) is 11.8 Å². The molecule has 0 unspecified atom stereocenters. The number of aromatic nitrogens is 1. The summed E-state index contributed by atoms with van der Waals surface area (Å²) >= 11 is 12.4. The summed E-state index contributed by atoms with van der Waals surface area (Å²) in [7, 11) is 0.0453. The third-order valence-electron chi connectivity index (χ3n) is 7.59. The first-order valence-corrected chi connectivity index (χ1v) is 15.3. The third-order valence-corrected chi connectivity index (χ3v) is 9.94. The second kappa shape index (κ2) is 11.0. The molecule has 2 aliphatic rings. The van der Waals surface area contributed by atoms with E-state index in [9.17, 15) is 18.0 Å². The number of anilines is 1. The van der Waals surface area contributed by atoms with Gasteiger partial charge in [0, 0.05) is 45.6 Å². The van der Waals surface area contributed by atoms with E-state index in [1.165, 1.54) is 12.1 Å². The van der Waals surface area contributed by atoms with Gasteiger partial charge in [0.05, 0.1) is 27.5 Å². The summed E-state index contributed by atoms with van der Waals surface area (Å²) in [4.78, 5) is 33.8. The smallest absolute Gasteiger partial charge is 0.256 e. The molecule has 0 aliphatic carbocycles. The van der Waals surface area contributed by atoms with Gasteiger partial charge in [-0.1, -0.05) is 29.3 Å². The summed E-state index contributed by atoms with van der Waals surface area (Å²) in [5.41, 5.74) is 3.24. The molecule has 2 aliphatic heterocycles. The SMILES string of the molecule is Cc1cc(C(=O)N(C)C2CCN(C)CC2)c(C=C2C(=O)Nc3ccc(S(=O)(=O)Cc4c(Cl)cccc4Cl)cc32)[nH]1. The Morgan fingerprint density at radius 1 is 1.12 bits per heavy atom. The van der Waals surface area contributed by atoms with Gasteiger partial charge >= 0.3 is 0 Å². The molecule has 8 nitrogen and oxygen atoms in total. The summed E-state index contributed by atoms with van der Waals surface area (Å²) in [5, 5.41) is 3.32. The predicted molar refractivity (Wildman–Crippen MR) is 158 cm³/mol. The van der Waals surface area contributed by atoms with Gasteiger partial charge in [-0.3, -0.25) is 9.59 Å². The average Bonchev–Trinajstić information content (AvgIpc) is 3.44. The first-order valence-electron chi connectivity index (χ1n) is 12.9. The zero-order valence-electron chi connectivity index (χ0n) is 22.4. The highest BCUT2D eigenvalue weighted by molar-refractivity contribution is 7.90. The molecule has 0 radical (unpaired) electrons. The molecule has 1 saturated heterocycles. The molecule has 2 amide bonds. The number of nitrogens with zero attached hydrogens (tertiary/aromatic N) is 2. The van der Waals surface area contributed by atoms with E-state index in [0.717, 1.165) is 31.6 Å². The quantitative estimate of drug-likeness (QED) is 0.376. The Morgan fingerprint density at radius 3 is 2.48 bits per heavy atom. The Labute approximate surface area is 243 Å². The van der Waals surface area contributed by atoms with Gasteiger partial charge < -0.3 is 20.1 Å². The highest BCUT2D eigenvalue weighted by Crippen LogP contribution is 2.37. The van der Waals surface area contributed by atoms with Crippen molar-refractivity contribution >= 4 is 62.2 Å². The van der Waals surface area contributed by atoms with Gasteiger partial charge in [0.2, 0.25) is 0 Å². The summed E-state index contributed by atoms with van der Waals surface area (Å²) in [5.74, 6) is -0.895. The number of amides is 2. The van der Waals surface area contributed by atoms with Crippen molar-refractivity contribution in [2.24, 2.45) is 0 Å². The molecule has 0 atom stereocenters. The number of likely N-dealkylation sites (tertiary alicyclic amines) is 1. The molecule has 210 valence electrons. The number of benzene rings is 2. The lowest BCUT2D eigenvalue weighted by molar-refractivity contribution is -0.110. The molecule has 3 aromatic rings. The molecule has 0 spiro atoms. The number of carbonyl (C=O) groups excluding carboxylic acids is 2. The van der Waals surface area contributed by atoms with E-state index in [-0.39, 0.29) is 44.1 Å². The number of piperidine rings is 1. The van der Waals surface area contributed by atoms with Crippen LogP contribution in [0.15, 0.2) is 47.4 Å². The number of H-pyrrole nitrogens is 1. The molecule has 11 heteroatoms. The Hall–Kier alpha value is -3.11. The van der Waals surface area contributed by atoms with Gasteiger partial charge in [0.1, 0.15) is 0 Å². The highest BCUT2D eigenvalue weighted by atomic mass is 35.5. The Morgan fingerprint density at radius 2 is 1.80 bits per heavy atom. The average molecular weight is 602 g/mol. The van der Waals surface area contributed by atoms with Crippen molar-refractivity contribution in [1.29, 1.82) is 0 Å². The van der Waals surface area contributed by atoms with Gasteiger partial charge in [-0.2, -0.15) is 0 Å². The van der Waals surface area contributed by atoms with E-state index < -0.39 is 9.84 Å². The van der Waals surface area contributed by atoms with Crippen LogP contribution in [0.4, 0.5) is 5.69 Å². The third kappa shape index (κ3) is 5.56. The number of rotatable bonds is 6. The molecule has 5 rings (SSSR count). The van der Waals surface area contributed by atoms with Crippen molar-refractivity contribution in [1.82, 2.24) is 14.8 Å². The Kier molecular flexibility index (Phi) is 7.85. The minimum atomic E-state index is -3.85. The minimum absolute atomic E-state index is 0.0330. The van der Waals surface area contributed by atoms with Crippen molar-refractivity contribution in [3.63, 3.8) is 0 Å². The largest absolute Gasteiger partial charge is 0.358 e. The number of fused-ring (bicyclic) bond motifs is 1. The van der Waals surface area contributed by atoms with E-state index in [1.807, 2.05) is 14.0 Å². The minimum Gasteiger partial charge on any atom is -0.358 e. The maximum atomic E-state index is 13.5. The van der Waals surface area contributed by atoms with Crippen LogP contribution in [-0.2, 0) is 20.4 Å². The number of aromatic amines is 1. The normalized spacial score (nSPS) is 17.2. The van der Waals surface area contributed by atoms with E-state index in [1.54, 1.807) is 41.3 Å². The van der Waals surface area contributed by atoms with Crippen LogP contribution in [0.1, 0.15) is 45.7 Å². The second-order valence-corrected chi connectivity index (χ2v) is 13.2. The molecule has 0 saturated carbocycles. The molecule has 2 aromatic carbocycles. The van der Waals surface area contributed by atoms with E-state index in [4.69, 9.17) is 23.2 Å². The van der Waals surface area contributed by atoms with E-state index in [2.05, 4.69) is 22.2 Å². The van der Waals surface area contributed by atoms with Crippen molar-refractivity contribution in [3.05, 3.63) is 80.6 Å². The van der Waals surface area contributed by atoms with Crippen molar-refractivity contribution in [2.45, 2.75) is 36.5 Å². The van der Waals surface area contributed by atoms with Crippen LogP contribution < -0.4 is 5.32 Å². The lowest BCUT2D eigenvalue weighted by Gasteiger charge is -2.35. The number of halogens is 2. The number of nitrogens with one attached hydrogen (secondary N) is 2. The fourth-order valence-corrected chi connectivity index (χ4v) is 7.35. The number of hydrogen-bond acceptors (Lipinski definition) is 5. The first-order chi connectivity index (χ1) is 18.9. The monoisotopic (exact) mass is 600 g/mol. The maximum absolute atomic E-state index is 13.5. The van der Waals surface area contributed by atoms with Crippen LogP contribution in [0.25, 0.3) is 11.6 Å². The van der Waals surface area contributed by atoms with Gasteiger partial charge in [-0.05, 0) is 82.4 Å². The highest BCUT2D eigenvalue weighted by Gasteiger charge is 2.30. The van der Waals surface area contributed by atoms with Crippen LogP contribution in [0, 0.1) is 6.92 Å². The predicted octanol–water partition coefficient (Wildman–Crippen LogP) is 5.26. The van der Waals surface area contributed by atoms with Crippen LogP contribution in [-0.4, -0.2) is 68.2 Å². The topological polar surface area (TPSA) is 103 Å². The van der Waals surface area contributed by atoms with Crippen LogP contribution in [0.2, 0.25) is 10.0 Å². The molecule has 1 fully saturated rings. The molecular weight excluding hydrogens is 571 g/mol.